The molecule has 0 aliphatic carbocycles. The number of aryl methyl sites for hydroxylation is 2. The van der Waals surface area contributed by atoms with Gasteiger partial charge in [-0.05, 0) is 71.0 Å². The Morgan fingerprint density at radius 3 is 1.64 bits per heavy atom. The summed E-state index contributed by atoms with van der Waals surface area (Å²) in [6.07, 6.45) is -0.365. The van der Waals surface area contributed by atoms with E-state index in [4.69, 9.17) is 4.74 Å². The third-order valence-corrected chi connectivity index (χ3v) is 11.6. The lowest BCUT2D eigenvalue weighted by molar-refractivity contribution is 0.0240. The number of piperazine rings is 1. The summed E-state index contributed by atoms with van der Waals surface area (Å²) in [6, 6.07) is 22.7. The highest BCUT2D eigenvalue weighted by molar-refractivity contribution is 8.10. The Kier molecular flexibility index (Phi) is 8.39. The smallest absolute Gasteiger partial charge is 0.410 e. The van der Waals surface area contributed by atoms with Gasteiger partial charge in [-0.1, -0.05) is 59.7 Å². The first-order valence-electron chi connectivity index (χ1n) is 14.4. The molecule has 232 valence electrons. The molecule has 1 saturated heterocycles. The normalized spacial score (nSPS) is 14.5. The number of carbonyl (C=O) groups is 1. The summed E-state index contributed by atoms with van der Waals surface area (Å²) in [5.74, 6) is 0. The van der Waals surface area contributed by atoms with E-state index in [1.807, 2.05) is 46.8 Å². The van der Waals surface area contributed by atoms with Gasteiger partial charge in [-0.25, -0.2) is 21.6 Å². The van der Waals surface area contributed by atoms with Gasteiger partial charge in [0.25, 0.3) is 20.0 Å². The number of fused-ring (bicyclic) bond motifs is 1. The van der Waals surface area contributed by atoms with E-state index in [2.05, 4.69) is 4.90 Å². The van der Waals surface area contributed by atoms with Crippen molar-refractivity contribution in [3.05, 3.63) is 96.1 Å². The summed E-state index contributed by atoms with van der Waals surface area (Å²) >= 11 is 0. The fourth-order valence-corrected chi connectivity index (χ4v) is 8.89. The van der Waals surface area contributed by atoms with Crippen molar-refractivity contribution in [2.45, 2.75) is 50.0 Å². The van der Waals surface area contributed by atoms with Gasteiger partial charge in [-0.15, -0.1) is 0 Å². The summed E-state index contributed by atoms with van der Waals surface area (Å²) in [7, 11) is -9.15. The Labute approximate surface area is 259 Å². The molecule has 0 atom stereocenters. The minimum absolute atomic E-state index is 0.0258. The van der Waals surface area contributed by atoms with Gasteiger partial charge in [0.15, 0.2) is 0 Å². The van der Waals surface area contributed by atoms with Crippen LogP contribution in [0.3, 0.4) is 0 Å². The zero-order chi connectivity index (χ0) is 31.9. The molecule has 1 aliphatic heterocycles. The van der Waals surface area contributed by atoms with E-state index in [9.17, 15) is 21.6 Å². The van der Waals surface area contributed by atoms with Crippen LogP contribution in [-0.2, 0) is 24.8 Å². The highest BCUT2D eigenvalue weighted by Crippen LogP contribution is 2.40. The molecule has 1 fully saturated rings. The molecule has 0 radical (unpaired) electrons. The molecule has 0 N–H and O–H groups in total. The van der Waals surface area contributed by atoms with Gasteiger partial charge in [-0.2, -0.15) is 3.71 Å². The number of hydrogen-bond acceptors (Lipinski definition) is 7. The third kappa shape index (κ3) is 6.25. The van der Waals surface area contributed by atoms with Crippen LogP contribution in [0, 0.1) is 13.8 Å². The van der Waals surface area contributed by atoms with Crippen LogP contribution in [0.5, 0.6) is 0 Å². The van der Waals surface area contributed by atoms with Gasteiger partial charge in [0.05, 0.1) is 15.5 Å². The van der Waals surface area contributed by atoms with Gasteiger partial charge in [0, 0.05) is 42.6 Å². The molecule has 11 heteroatoms. The van der Waals surface area contributed by atoms with Crippen LogP contribution >= 0.6 is 0 Å². The summed E-state index contributed by atoms with van der Waals surface area (Å²) in [5, 5.41) is 1.16. The molecule has 9 nitrogen and oxygen atoms in total. The second-order valence-electron chi connectivity index (χ2n) is 11.9. The monoisotopic (exact) mass is 635 g/mol. The van der Waals surface area contributed by atoms with Crippen molar-refractivity contribution in [2.24, 2.45) is 0 Å². The first-order chi connectivity index (χ1) is 20.7. The molecule has 5 rings (SSSR count). The number of carbonyl (C=O) groups excluding carboxylic acids is 1. The largest absolute Gasteiger partial charge is 0.444 e. The Bertz CT molecular complexity index is 1820. The van der Waals surface area contributed by atoms with Crippen LogP contribution in [0.2, 0.25) is 0 Å². The number of benzene rings is 4. The highest BCUT2D eigenvalue weighted by atomic mass is 32.3. The van der Waals surface area contributed by atoms with E-state index >= 15 is 0 Å². The van der Waals surface area contributed by atoms with Crippen molar-refractivity contribution in [3.63, 3.8) is 0 Å². The van der Waals surface area contributed by atoms with Crippen LogP contribution in [0.15, 0.2) is 94.7 Å². The van der Waals surface area contributed by atoms with Crippen LogP contribution < -0.4 is 8.61 Å². The SMILES string of the molecule is Cc1ccc(S(=O)(=O)N(c2ccc(N3CCN(C(=O)OC(C)(C)C)CC3)c3ccccc23)S(=O)(=O)c2ccc(C)cc2)cc1. The second kappa shape index (κ2) is 11.8. The van der Waals surface area contributed by atoms with Crippen molar-refractivity contribution in [1.82, 2.24) is 4.90 Å². The van der Waals surface area contributed by atoms with E-state index in [0.29, 0.717) is 40.7 Å². The van der Waals surface area contributed by atoms with Gasteiger partial charge in [-0.3, -0.25) is 0 Å². The van der Waals surface area contributed by atoms with E-state index in [1.165, 1.54) is 24.3 Å². The Hall–Kier alpha value is -4.09. The minimum atomic E-state index is -4.57. The lowest BCUT2D eigenvalue weighted by Gasteiger charge is -2.37. The van der Waals surface area contributed by atoms with Crippen molar-refractivity contribution in [1.29, 1.82) is 0 Å². The Morgan fingerprint density at radius 2 is 1.16 bits per heavy atom. The fraction of sp³-hybridized carbons (Fsp3) is 0.303. The maximum absolute atomic E-state index is 14.2. The third-order valence-electron chi connectivity index (χ3n) is 7.42. The van der Waals surface area contributed by atoms with Crippen LogP contribution in [0.25, 0.3) is 10.8 Å². The number of sulfonamides is 2. The molecule has 1 heterocycles. The molecule has 0 aromatic heterocycles. The zero-order valence-corrected chi connectivity index (χ0v) is 27.2. The Morgan fingerprint density at radius 1 is 0.682 bits per heavy atom. The molecule has 44 heavy (non-hydrogen) atoms. The van der Waals surface area contributed by atoms with Gasteiger partial charge < -0.3 is 14.5 Å². The molecule has 1 aliphatic rings. The number of hydrogen-bond donors (Lipinski definition) is 0. The summed E-state index contributed by atoms with van der Waals surface area (Å²) in [4.78, 5) is 16.1. The van der Waals surface area contributed by atoms with Crippen molar-refractivity contribution in [3.8, 4) is 0 Å². The molecule has 4 aromatic rings. The highest BCUT2D eigenvalue weighted by Gasteiger charge is 2.38. The molecular formula is C33H37N3O6S2. The standard InChI is InChI=1S/C33H37N3O6S2/c1-24-10-14-26(15-11-24)43(38,39)36(44(40,41)27-16-12-25(2)13-17-27)31-19-18-30(28-8-6-7-9-29(28)31)34-20-22-35(23-21-34)32(37)42-33(3,4)5/h6-19H,20-23H2,1-5H3. The molecule has 0 bridgehead atoms. The minimum Gasteiger partial charge on any atom is -0.444 e. The molecule has 1 amide bonds. The average molecular weight is 636 g/mol. The first-order valence-corrected chi connectivity index (χ1v) is 17.2. The second-order valence-corrected chi connectivity index (χ2v) is 15.7. The van der Waals surface area contributed by atoms with Crippen molar-refractivity contribution < 1.29 is 26.4 Å². The number of amides is 1. The van der Waals surface area contributed by atoms with Gasteiger partial charge in [0.2, 0.25) is 0 Å². The quantitative estimate of drug-likeness (QED) is 0.252. The lowest BCUT2D eigenvalue weighted by Crippen LogP contribution is -2.50. The van der Waals surface area contributed by atoms with Crippen molar-refractivity contribution in [2.75, 3.05) is 34.8 Å². The number of ether oxygens (including phenoxy) is 1. The van der Waals surface area contributed by atoms with E-state index in [0.717, 1.165) is 16.8 Å². The van der Waals surface area contributed by atoms with Crippen molar-refractivity contribution >= 4 is 48.3 Å². The number of rotatable bonds is 6. The number of anilines is 2. The van der Waals surface area contributed by atoms with Gasteiger partial charge in [0.1, 0.15) is 5.60 Å². The predicted molar refractivity (Wildman–Crippen MR) is 173 cm³/mol. The molecular weight excluding hydrogens is 599 g/mol. The maximum Gasteiger partial charge on any atom is 0.410 e. The molecule has 0 spiro atoms. The molecule has 0 saturated carbocycles. The summed E-state index contributed by atoms with van der Waals surface area (Å²) in [5.41, 5.74) is 1.94. The first kappa shape index (κ1) is 31.3. The maximum atomic E-state index is 14.2. The van der Waals surface area contributed by atoms with E-state index in [-0.39, 0.29) is 21.6 Å². The lowest BCUT2D eigenvalue weighted by atomic mass is 10.1. The fourth-order valence-electron chi connectivity index (χ4n) is 5.16. The van der Waals surface area contributed by atoms with Crippen LogP contribution in [-0.4, -0.2) is 59.6 Å². The predicted octanol–water partition coefficient (Wildman–Crippen LogP) is 6.10. The van der Waals surface area contributed by atoms with Crippen LogP contribution in [0.1, 0.15) is 31.9 Å². The topological polar surface area (TPSA) is 104 Å². The zero-order valence-electron chi connectivity index (χ0n) is 25.5. The van der Waals surface area contributed by atoms with E-state index in [1.54, 1.807) is 53.4 Å². The summed E-state index contributed by atoms with van der Waals surface area (Å²) in [6.45, 7) is 11.1. The number of nitrogens with zero attached hydrogens (tertiary/aromatic N) is 3. The molecule has 0 unspecified atom stereocenters. The summed E-state index contributed by atoms with van der Waals surface area (Å²) < 4.78 is 63.1. The average Bonchev–Trinajstić information content (AvgIpc) is 2.97. The van der Waals surface area contributed by atoms with Gasteiger partial charge >= 0.3 is 6.09 Å². The van der Waals surface area contributed by atoms with E-state index < -0.39 is 25.6 Å². The Balaban J connectivity index is 1.60. The van der Waals surface area contributed by atoms with Crippen LogP contribution in [0.4, 0.5) is 16.2 Å². The molecule has 4 aromatic carbocycles.